The third-order valence-electron chi connectivity index (χ3n) is 4.75. The Morgan fingerprint density at radius 3 is 2.41 bits per heavy atom. The van der Waals surface area contributed by atoms with Gasteiger partial charge in [0.05, 0.1) is 5.56 Å². The molecule has 0 bridgehead atoms. The molecular formula is C25H21ClN5O2S+. The minimum atomic E-state index is -0.475. The predicted octanol–water partition coefficient (Wildman–Crippen LogP) is 4.28. The molecule has 1 atom stereocenters. The molecule has 0 aliphatic rings. The first-order valence-corrected chi connectivity index (χ1v) is 11.7. The minimum Gasteiger partial charge on any atom is -0.334 e. The van der Waals surface area contributed by atoms with Crippen molar-refractivity contribution in [1.82, 2.24) is 15.3 Å². The van der Waals surface area contributed by atoms with Crippen LogP contribution in [-0.2, 0) is 11.3 Å². The van der Waals surface area contributed by atoms with E-state index in [0.717, 1.165) is 5.56 Å². The molecule has 0 fully saturated rings. The highest BCUT2D eigenvalue weighted by atomic mass is 35.5. The van der Waals surface area contributed by atoms with Gasteiger partial charge in [0.25, 0.3) is 11.8 Å². The van der Waals surface area contributed by atoms with Crippen LogP contribution in [0.1, 0.15) is 21.3 Å². The van der Waals surface area contributed by atoms with E-state index in [1.54, 1.807) is 59.6 Å². The van der Waals surface area contributed by atoms with E-state index >= 15 is 0 Å². The van der Waals surface area contributed by atoms with Crippen LogP contribution in [0.2, 0.25) is 5.02 Å². The zero-order valence-electron chi connectivity index (χ0n) is 18.0. The molecule has 0 spiro atoms. The number of carbonyl (C=O) groups is 2. The predicted molar refractivity (Wildman–Crippen MR) is 131 cm³/mol. The number of amides is 2. The molecule has 7 nitrogen and oxygen atoms in total. The monoisotopic (exact) mass is 490 g/mol. The number of nitrogens with zero attached hydrogens (tertiary/aromatic N) is 3. The van der Waals surface area contributed by atoms with Gasteiger partial charge in [0.2, 0.25) is 6.54 Å². The van der Waals surface area contributed by atoms with Crippen molar-refractivity contribution in [2.75, 3.05) is 5.32 Å². The fourth-order valence-corrected chi connectivity index (χ4v) is 4.36. The second-order valence-electron chi connectivity index (χ2n) is 7.21. The standard InChI is InChI=1S/C25H20ClN5O2S/c26-19-6-8-20(9-7-19)29-23(33)21-5-4-12-28-25(21)34-24(18-10-13-27-14-11-18)30-22(32)17-31-15-2-1-3-16-31/h1-16,24H,17H2,(H-,29,30,32,33)/p+1. The number of rotatable bonds is 8. The van der Waals surface area contributed by atoms with Gasteiger partial charge in [-0.15, -0.1) is 0 Å². The van der Waals surface area contributed by atoms with E-state index in [4.69, 9.17) is 11.6 Å². The van der Waals surface area contributed by atoms with Crippen molar-refractivity contribution in [3.8, 4) is 0 Å². The van der Waals surface area contributed by atoms with Crippen molar-refractivity contribution in [3.63, 3.8) is 0 Å². The first-order chi connectivity index (χ1) is 16.6. The molecule has 1 unspecified atom stereocenters. The zero-order valence-corrected chi connectivity index (χ0v) is 19.5. The van der Waals surface area contributed by atoms with E-state index in [0.29, 0.717) is 21.3 Å². The van der Waals surface area contributed by atoms with Crippen molar-refractivity contribution in [3.05, 3.63) is 114 Å². The van der Waals surface area contributed by atoms with Crippen LogP contribution in [0.4, 0.5) is 5.69 Å². The number of hydrogen-bond donors (Lipinski definition) is 2. The van der Waals surface area contributed by atoms with Gasteiger partial charge in [-0.25, -0.2) is 4.98 Å². The van der Waals surface area contributed by atoms with Gasteiger partial charge in [0.15, 0.2) is 12.4 Å². The molecule has 0 saturated carbocycles. The highest BCUT2D eigenvalue weighted by Crippen LogP contribution is 2.34. The van der Waals surface area contributed by atoms with Gasteiger partial charge in [0, 0.05) is 41.4 Å². The number of thioether (sulfide) groups is 1. The van der Waals surface area contributed by atoms with Gasteiger partial charge in [-0.1, -0.05) is 29.4 Å². The summed E-state index contributed by atoms with van der Waals surface area (Å²) >= 11 is 7.22. The highest BCUT2D eigenvalue weighted by Gasteiger charge is 2.22. The third-order valence-corrected chi connectivity index (χ3v) is 6.18. The van der Waals surface area contributed by atoms with Gasteiger partial charge < -0.3 is 10.6 Å². The quantitative estimate of drug-likeness (QED) is 0.219. The van der Waals surface area contributed by atoms with Crippen LogP contribution in [0.5, 0.6) is 0 Å². The van der Waals surface area contributed by atoms with Crippen LogP contribution in [0, 0.1) is 0 Å². The molecule has 34 heavy (non-hydrogen) atoms. The van der Waals surface area contributed by atoms with E-state index in [1.165, 1.54) is 11.8 Å². The number of carbonyl (C=O) groups excluding carboxylic acids is 2. The Morgan fingerprint density at radius 1 is 0.941 bits per heavy atom. The molecular weight excluding hydrogens is 470 g/mol. The first-order valence-electron chi connectivity index (χ1n) is 10.4. The van der Waals surface area contributed by atoms with Crippen molar-refractivity contribution >= 4 is 40.9 Å². The summed E-state index contributed by atoms with van der Waals surface area (Å²) in [5.74, 6) is -0.480. The fraction of sp³-hybridized carbons (Fsp3) is 0.0800. The molecule has 4 rings (SSSR count). The second kappa shape index (κ2) is 11.4. The normalized spacial score (nSPS) is 11.4. The molecule has 3 heterocycles. The molecule has 0 aliphatic heterocycles. The number of pyridine rings is 3. The third kappa shape index (κ3) is 6.40. The lowest BCUT2D eigenvalue weighted by molar-refractivity contribution is -0.684. The van der Waals surface area contributed by atoms with E-state index < -0.39 is 5.37 Å². The van der Waals surface area contributed by atoms with Crippen LogP contribution in [0.15, 0.2) is 103 Å². The summed E-state index contributed by atoms with van der Waals surface area (Å²) < 4.78 is 1.79. The lowest BCUT2D eigenvalue weighted by Gasteiger charge is -2.19. The average Bonchev–Trinajstić information content (AvgIpc) is 2.86. The second-order valence-corrected chi connectivity index (χ2v) is 8.74. The Kier molecular flexibility index (Phi) is 7.85. The average molecular weight is 491 g/mol. The Hall–Kier alpha value is -3.75. The van der Waals surface area contributed by atoms with Crippen molar-refractivity contribution in [1.29, 1.82) is 0 Å². The number of anilines is 1. The Bertz CT molecular complexity index is 1260. The number of aromatic nitrogens is 3. The zero-order chi connectivity index (χ0) is 23.8. The molecule has 3 aromatic heterocycles. The Balaban J connectivity index is 1.55. The molecule has 1 aromatic carbocycles. The SMILES string of the molecule is O=C(C[n+]1ccccc1)NC(Sc1ncccc1C(=O)Nc1ccc(Cl)cc1)c1ccncc1. The molecule has 4 aromatic rings. The van der Waals surface area contributed by atoms with Gasteiger partial charge in [0.1, 0.15) is 10.4 Å². The maximum Gasteiger partial charge on any atom is 0.287 e. The van der Waals surface area contributed by atoms with Gasteiger partial charge in [-0.2, -0.15) is 4.57 Å². The van der Waals surface area contributed by atoms with Gasteiger partial charge in [-0.05, 0) is 54.1 Å². The summed E-state index contributed by atoms with van der Waals surface area (Å²) in [6.45, 7) is 0.162. The van der Waals surface area contributed by atoms with Crippen molar-refractivity contribution in [2.45, 2.75) is 16.9 Å². The number of hydrogen-bond acceptors (Lipinski definition) is 5. The number of benzene rings is 1. The smallest absolute Gasteiger partial charge is 0.287 e. The van der Waals surface area contributed by atoms with Gasteiger partial charge >= 0.3 is 0 Å². The number of nitrogens with one attached hydrogen (secondary N) is 2. The Labute approximate surface area is 206 Å². The molecule has 0 radical (unpaired) electrons. The summed E-state index contributed by atoms with van der Waals surface area (Å²) in [4.78, 5) is 34.3. The summed E-state index contributed by atoms with van der Waals surface area (Å²) in [5.41, 5.74) is 1.85. The molecule has 170 valence electrons. The topological polar surface area (TPSA) is 87.9 Å². The molecule has 0 aliphatic carbocycles. The van der Waals surface area contributed by atoms with Gasteiger partial charge in [-0.3, -0.25) is 14.6 Å². The van der Waals surface area contributed by atoms with Crippen LogP contribution >= 0.6 is 23.4 Å². The lowest BCUT2D eigenvalue weighted by Crippen LogP contribution is -2.42. The Morgan fingerprint density at radius 2 is 1.68 bits per heavy atom. The summed E-state index contributed by atoms with van der Waals surface area (Å²) in [6, 6.07) is 19.5. The van der Waals surface area contributed by atoms with E-state index in [2.05, 4.69) is 20.6 Å². The van der Waals surface area contributed by atoms with Crippen molar-refractivity contribution in [2.24, 2.45) is 0 Å². The minimum absolute atomic E-state index is 0.162. The number of halogens is 1. The summed E-state index contributed by atoms with van der Waals surface area (Å²) in [5, 5.41) is 6.50. The van der Waals surface area contributed by atoms with E-state index in [9.17, 15) is 9.59 Å². The molecule has 2 amide bonds. The lowest BCUT2D eigenvalue weighted by atomic mass is 10.2. The van der Waals surface area contributed by atoms with Crippen LogP contribution in [-0.4, -0.2) is 21.8 Å². The molecule has 0 saturated heterocycles. The molecule has 2 N–H and O–H groups in total. The van der Waals surface area contributed by atoms with Crippen LogP contribution < -0.4 is 15.2 Å². The summed E-state index contributed by atoms with van der Waals surface area (Å²) in [6.07, 6.45) is 8.59. The van der Waals surface area contributed by atoms with Crippen LogP contribution in [0.3, 0.4) is 0 Å². The molecule has 9 heteroatoms. The highest BCUT2D eigenvalue weighted by molar-refractivity contribution is 7.99. The van der Waals surface area contributed by atoms with Crippen molar-refractivity contribution < 1.29 is 14.2 Å². The van der Waals surface area contributed by atoms with E-state index in [1.807, 2.05) is 42.7 Å². The largest absolute Gasteiger partial charge is 0.334 e. The van der Waals surface area contributed by atoms with E-state index in [-0.39, 0.29) is 18.4 Å². The fourth-order valence-electron chi connectivity index (χ4n) is 3.12. The summed E-state index contributed by atoms with van der Waals surface area (Å²) in [7, 11) is 0. The first kappa shape index (κ1) is 23.4. The maximum atomic E-state index is 13.0. The van der Waals surface area contributed by atoms with Crippen LogP contribution in [0.25, 0.3) is 0 Å². The maximum absolute atomic E-state index is 13.0.